The summed E-state index contributed by atoms with van der Waals surface area (Å²) in [5, 5.41) is 6.37. The molecule has 5 N–H and O–H groups in total. The van der Waals surface area contributed by atoms with Crippen LogP contribution in [0.1, 0.15) is 49.6 Å². The molecule has 2 atom stereocenters. The smallest absolute Gasteiger partial charge is 0.287 e. The Balaban J connectivity index is 1.68. The van der Waals surface area contributed by atoms with E-state index >= 15 is 0 Å². The van der Waals surface area contributed by atoms with Gasteiger partial charge in [0.2, 0.25) is 11.9 Å². The number of rotatable bonds is 5. The number of nitrogens with zero attached hydrogens (tertiary/aromatic N) is 4. The van der Waals surface area contributed by atoms with Gasteiger partial charge in [-0.05, 0) is 37.5 Å². The van der Waals surface area contributed by atoms with Gasteiger partial charge in [-0.2, -0.15) is 15.0 Å². The first kappa shape index (κ1) is 18.1. The molecule has 0 bridgehead atoms. The number of aromatic amines is 1. The quantitative estimate of drug-likeness (QED) is 0.636. The fraction of sp³-hybridized carbons (Fsp3) is 0.588. The van der Waals surface area contributed by atoms with Gasteiger partial charge in [-0.3, -0.25) is 4.79 Å². The molecule has 9 heteroatoms. The van der Waals surface area contributed by atoms with Gasteiger partial charge in [-0.15, -0.1) is 0 Å². The molecular weight excluding hydrogens is 332 g/mol. The summed E-state index contributed by atoms with van der Waals surface area (Å²) < 4.78 is 0. The summed E-state index contributed by atoms with van der Waals surface area (Å²) in [6.45, 7) is 6.94. The van der Waals surface area contributed by atoms with Crippen LogP contribution < -0.4 is 16.4 Å². The van der Waals surface area contributed by atoms with E-state index in [4.69, 9.17) is 5.73 Å². The molecule has 2 unspecified atom stereocenters. The van der Waals surface area contributed by atoms with E-state index in [1.165, 1.54) is 0 Å². The molecule has 0 spiro atoms. The van der Waals surface area contributed by atoms with Crippen molar-refractivity contribution in [1.82, 2.24) is 30.2 Å². The molecule has 3 rings (SSSR count). The number of amides is 1. The van der Waals surface area contributed by atoms with Crippen LogP contribution in [0.5, 0.6) is 0 Å². The third-order valence-electron chi connectivity index (χ3n) is 4.83. The van der Waals surface area contributed by atoms with Crippen molar-refractivity contribution in [2.24, 2.45) is 11.3 Å². The van der Waals surface area contributed by atoms with E-state index < -0.39 is 0 Å². The SMILES string of the molecule is Cc1nc(N)nc(NCC2CC(C)(C)CCC2NC(=O)c2ncc[nH]2)n1. The normalized spacial score (nSPS) is 22.0. The molecule has 2 heterocycles. The minimum atomic E-state index is -0.176. The van der Waals surface area contributed by atoms with Crippen LogP contribution in [-0.2, 0) is 0 Å². The van der Waals surface area contributed by atoms with E-state index in [0.717, 1.165) is 19.3 Å². The molecule has 9 nitrogen and oxygen atoms in total. The van der Waals surface area contributed by atoms with Gasteiger partial charge in [0.05, 0.1) is 0 Å². The number of carbonyl (C=O) groups excluding carboxylic acids is 1. The fourth-order valence-electron chi connectivity index (χ4n) is 3.57. The van der Waals surface area contributed by atoms with Crippen LogP contribution in [0.3, 0.4) is 0 Å². The first-order valence-corrected chi connectivity index (χ1v) is 8.85. The first-order valence-electron chi connectivity index (χ1n) is 8.85. The number of aryl methyl sites for hydroxylation is 1. The molecule has 2 aromatic rings. The van der Waals surface area contributed by atoms with Crippen LogP contribution in [0.15, 0.2) is 12.4 Å². The highest BCUT2D eigenvalue weighted by molar-refractivity contribution is 5.90. The molecular formula is C17H26N8O. The molecule has 0 aliphatic heterocycles. The van der Waals surface area contributed by atoms with Gasteiger partial charge in [-0.1, -0.05) is 13.8 Å². The maximum Gasteiger partial charge on any atom is 0.287 e. The molecule has 1 fully saturated rings. The zero-order valence-electron chi connectivity index (χ0n) is 15.4. The highest BCUT2D eigenvalue weighted by atomic mass is 16.2. The number of carbonyl (C=O) groups is 1. The average Bonchev–Trinajstić information content (AvgIpc) is 3.08. The van der Waals surface area contributed by atoms with Crippen molar-refractivity contribution in [3.63, 3.8) is 0 Å². The Morgan fingerprint density at radius 3 is 2.88 bits per heavy atom. The highest BCUT2D eigenvalue weighted by Gasteiger charge is 2.36. The topological polar surface area (TPSA) is 134 Å². The van der Waals surface area contributed by atoms with Gasteiger partial charge in [0.1, 0.15) is 5.82 Å². The van der Waals surface area contributed by atoms with Gasteiger partial charge in [-0.25, -0.2) is 4.98 Å². The Hall–Kier alpha value is -2.71. The summed E-state index contributed by atoms with van der Waals surface area (Å²) in [4.78, 5) is 31.6. The fourth-order valence-corrected chi connectivity index (χ4v) is 3.57. The monoisotopic (exact) mass is 358 g/mol. The molecule has 2 aromatic heterocycles. The number of hydrogen-bond donors (Lipinski definition) is 4. The van der Waals surface area contributed by atoms with Crippen LogP contribution in [0.25, 0.3) is 0 Å². The molecule has 0 saturated heterocycles. The van der Waals surface area contributed by atoms with Crippen molar-refractivity contribution in [3.8, 4) is 0 Å². The predicted molar refractivity (Wildman–Crippen MR) is 98.4 cm³/mol. The number of nitrogens with one attached hydrogen (secondary N) is 3. The van der Waals surface area contributed by atoms with Crippen molar-refractivity contribution in [3.05, 3.63) is 24.0 Å². The summed E-state index contributed by atoms with van der Waals surface area (Å²) >= 11 is 0. The van der Waals surface area contributed by atoms with E-state index in [2.05, 4.69) is 49.4 Å². The van der Waals surface area contributed by atoms with Crippen LogP contribution in [0, 0.1) is 18.3 Å². The van der Waals surface area contributed by atoms with Crippen LogP contribution >= 0.6 is 0 Å². The van der Waals surface area contributed by atoms with Crippen molar-refractivity contribution >= 4 is 17.8 Å². The molecule has 26 heavy (non-hydrogen) atoms. The number of imidazole rings is 1. The van der Waals surface area contributed by atoms with Crippen molar-refractivity contribution < 1.29 is 4.79 Å². The number of nitrogen functional groups attached to an aromatic ring is 1. The Morgan fingerprint density at radius 1 is 1.38 bits per heavy atom. The highest BCUT2D eigenvalue weighted by Crippen LogP contribution is 2.38. The van der Waals surface area contributed by atoms with E-state index in [-0.39, 0.29) is 29.2 Å². The second kappa shape index (κ2) is 7.27. The second-order valence-corrected chi connectivity index (χ2v) is 7.63. The third-order valence-corrected chi connectivity index (χ3v) is 4.83. The first-order chi connectivity index (χ1) is 12.3. The summed E-state index contributed by atoms with van der Waals surface area (Å²) in [7, 11) is 0. The van der Waals surface area contributed by atoms with Crippen LogP contribution in [-0.4, -0.2) is 43.4 Å². The largest absolute Gasteiger partial charge is 0.368 e. The zero-order valence-corrected chi connectivity index (χ0v) is 15.4. The minimum absolute atomic E-state index is 0.0633. The molecule has 1 saturated carbocycles. The summed E-state index contributed by atoms with van der Waals surface area (Å²) in [5.41, 5.74) is 5.92. The lowest BCUT2D eigenvalue weighted by Gasteiger charge is -2.41. The lowest BCUT2D eigenvalue weighted by Crippen LogP contribution is -2.48. The Kier molecular flexibility index (Phi) is 5.06. The molecule has 140 valence electrons. The van der Waals surface area contributed by atoms with Gasteiger partial charge >= 0.3 is 0 Å². The van der Waals surface area contributed by atoms with E-state index in [9.17, 15) is 4.79 Å². The van der Waals surface area contributed by atoms with Gasteiger partial charge in [0, 0.05) is 25.0 Å². The second-order valence-electron chi connectivity index (χ2n) is 7.63. The third kappa shape index (κ3) is 4.47. The van der Waals surface area contributed by atoms with E-state index in [0.29, 0.717) is 24.1 Å². The zero-order chi connectivity index (χ0) is 18.7. The van der Waals surface area contributed by atoms with Crippen molar-refractivity contribution in [1.29, 1.82) is 0 Å². The Bertz CT molecular complexity index is 738. The van der Waals surface area contributed by atoms with E-state index in [1.807, 2.05) is 0 Å². The standard InChI is InChI=1S/C17H26N8O/c1-10-22-15(18)25-16(23-10)21-9-11-8-17(2,3)5-4-12(11)24-14(26)13-19-6-7-20-13/h6-7,11-12H,4-5,8-9H2,1-3H3,(H,19,20)(H,24,26)(H3,18,21,22,23,25). The Morgan fingerprint density at radius 2 is 2.19 bits per heavy atom. The number of anilines is 2. The maximum absolute atomic E-state index is 12.4. The number of nitrogens with two attached hydrogens (primary N) is 1. The lowest BCUT2D eigenvalue weighted by molar-refractivity contribution is 0.0847. The summed E-state index contributed by atoms with van der Waals surface area (Å²) in [6.07, 6.45) is 6.19. The number of aromatic nitrogens is 5. The van der Waals surface area contributed by atoms with Crippen molar-refractivity contribution in [2.45, 2.75) is 46.1 Å². The summed E-state index contributed by atoms with van der Waals surface area (Å²) in [5.74, 6) is 1.65. The minimum Gasteiger partial charge on any atom is -0.368 e. The molecule has 1 aliphatic carbocycles. The lowest BCUT2D eigenvalue weighted by atomic mass is 9.70. The number of hydrogen-bond acceptors (Lipinski definition) is 7. The van der Waals surface area contributed by atoms with Crippen LogP contribution in [0.2, 0.25) is 0 Å². The van der Waals surface area contributed by atoms with Gasteiger partial charge < -0.3 is 21.4 Å². The average molecular weight is 358 g/mol. The Labute approximate surface area is 152 Å². The molecule has 1 amide bonds. The number of H-pyrrole nitrogens is 1. The molecule has 0 radical (unpaired) electrons. The molecule has 0 aromatic carbocycles. The van der Waals surface area contributed by atoms with Crippen LogP contribution in [0.4, 0.5) is 11.9 Å². The van der Waals surface area contributed by atoms with Crippen molar-refractivity contribution in [2.75, 3.05) is 17.6 Å². The van der Waals surface area contributed by atoms with E-state index in [1.54, 1.807) is 19.3 Å². The van der Waals surface area contributed by atoms with Gasteiger partial charge in [0.15, 0.2) is 5.82 Å². The molecule has 1 aliphatic rings. The predicted octanol–water partition coefficient (Wildman–Crippen LogP) is 1.52. The maximum atomic E-state index is 12.4. The van der Waals surface area contributed by atoms with Gasteiger partial charge in [0.25, 0.3) is 5.91 Å². The summed E-state index contributed by atoms with van der Waals surface area (Å²) in [6, 6.07) is 0.0633.